The summed E-state index contributed by atoms with van der Waals surface area (Å²) < 4.78 is 6.78. The van der Waals surface area contributed by atoms with Gasteiger partial charge in [-0.2, -0.15) is 0 Å². The monoisotopic (exact) mass is 267 g/mol. The summed E-state index contributed by atoms with van der Waals surface area (Å²) in [5.74, 6) is 0.216. The molecule has 2 aromatic rings. The molecule has 0 aromatic carbocycles. The van der Waals surface area contributed by atoms with E-state index >= 15 is 0 Å². The van der Waals surface area contributed by atoms with Crippen molar-refractivity contribution in [3.8, 4) is 0 Å². The average molecular weight is 267 g/mol. The second-order valence-electron chi connectivity index (χ2n) is 4.49. The molecule has 1 aliphatic heterocycles. The summed E-state index contributed by atoms with van der Waals surface area (Å²) in [7, 11) is 0. The van der Waals surface area contributed by atoms with Crippen molar-refractivity contribution in [1.82, 2.24) is 19.5 Å². The van der Waals surface area contributed by atoms with E-state index in [1.807, 2.05) is 0 Å². The molecule has 2 unspecified atom stereocenters. The number of hydrogen-bond donors (Lipinski definition) is 4. The maximum absolute atomic E-state index is 10.1. The molecule has 9 nitrogen and oxygen atoms in total. The van der Waals surface area contributed by atoms with Gasteiger partial charge in [0.1, 0.15) is 23.5 Å². The molecule has 0 amide bonds. The lowest BCUT2D eigenvalue weighted by Crippen LogP contribution is -2.46. The molecule has 3 atom stereocenters. The first kappa shape index (κ1) is 12.2. The number of nitrogens with two attached hydrogens (primary N) is 1. The highest BCUT2D eigenvalue weighted by Crippen LogP contribution is 2.33. The fourth-order valence-corrected chi connectivity index (χ4v) is 2.10. The van der Waals surface area contributed by atoms with Gasteiger partial charge in [-0.1, -0.05) is 0 Å². The zero-order chi connectivity index (χ0) is 13.6. The molecule has 19 heavy (non-hydrogen) atoms. The third kappa shape index (κ3) is 1.67. The Morgan fingerprint density at radius 3 is 2.95 bits per heavy atom. The molecule has 0 bridgehead atoms. The third-order valence-electron chi connectivity index (χ3n) is 3.26. The van der Waals surface area contributed by atoms with Crippen LogP contribution in [0.1, 0.15) is 6.23 Å². The van der Waals surface area contributed by atoms with Gasteiger partial charge in [0.25, 0.3) is 0 Å². The van der Waals surface area contributed by atoms with Gasteiger partial charge < -0.3 is 25.8 Å². The quantitative estimate of drug-likeness (QED) is 0.491. The minimum atomic E-state index is -1.69. The molecule has 1 fully saturated rings. The van der Waals surface area contributed by atoms with Gasteiger partial charge in [-0.25, -0.2) is 15.0 Å². The molecular formula is C10H13N5O4. The van der Waals surface area contributed by atoms with Crippen molar-refractivity contribution in [2.75, 3.05) is 18.9 Å². The average Bonchev–Trinajstić information content (AvgIpc) is 2.95. The van der Waals surface area contributed by atoms with E-state index in [1.165, 1.54) is 17.2 Å². The standard InChI is InChI=1S/C10H13N5O4/c11-7-5-8(13-3-12-7)15(4-14-5)9-6(17)10(18,1-16)2-19-9/h3-4,6,9,16-18H,1-2H2,(H2,11,12,13)/t6?,9?,10-/m0/s1. The van der Waals surface area contributed by atoms with Crippen LogP contribution in [0.4, 0.5) is 5.82 Å². The van der Waals surface area contributed by atoms with Crippen molar-refractivity contribution in [3.05, 3.63) is 12.7 Å². The molecule has 9 heteroatoms. The van der Waals surface area contributed by atoms with Crippen LogP contribution >= 0.6 is 0 Å². The smallest absolute Gasteiger partial charge is 0.167 e. The molecule has 5 N–H and O–H groups in total. The lowest BCUT2D eigenvalue weighted by molar-refractivity contribution is -0.0873. The van der Waals surface area contributed by atoms with E-state index < -0.39 is 24.5 Å². The van der Waals surface area contributed by atoms with Crippen LogP contribution in [-0.4, -0.2) is 59.8 Å². The van der Waals surface area contributed by atoms with E-state index in [0.717, 1.165) is 0 Å². The second kappa shape index (κ2) is 4.10. The van der Waals surface area contributed by atoms with E-state index in [4.69, 9.17) is 15.6 Å². The Bertz CT molecular complexity index is 617. The van der Waals surface area contributed by atoms with Gasteiger partial charge in [0.05, 0.1) is 19.5 Å². The number of aromatic nitrogens is 4. The van der Waals surface area contributed by atoms with Crippen LogP contribution in [0.25, 0.3) is 11.2 Å². The summed E-state index contributed by atoms with van der Waals surface area (Å²) >= 11 is 0. The predicted molar refractivity (Wildman–Crippen MR) is 62.8 cm³/mol. The van der Waals surface area contributed by atoms with E-state index in [1.54, 1.807) is 0 Å². The number of anilines is 1. The molecule has 0 spiro atoms. The molecule has 102 valence electrons. The summed E-state index contributed by atoms with van der Waals surface area (Å²) in [4.78, 5) is 11.9. The minimum absolute atomic E-state index is 0.185. The van der Waals surface area contributed by atoms with Crippen LogP contribution in [0.15, 0.2) is 12.7 Å². The van der Waals surface area contributed by atoms with Crippen LogP contribution in [0.2, 0.25) is 0 Å². The molecule has 0 saturated carbocycles. The highest BCUT2D eigenvalue weighted by atomic mass is 16.6. The normalized spacial score (nSPS) is 31.1. The Morgan fingerprint density at radius 2 is 2.26 bits per heavy atom. The molecule has 2 aromatic heterocycles. The maximum Gasteiger partial charge on any atom is 0.167 e. The Kier molecular flexibility index (Phi) is 2.64. The Balaban J connectivity index is 2.05. The molecule has 1 saturated heterocycles. The van der Waals surface area contributed by atoms with Crippen LogP contribution in [0, 0.1) is 0 Å². The summed E-state index contributed by atoms with van der Waals surface area (Å²) in [6, 6.07) is 0. The molecule has 3 rings (SSSR count). The number of rotatable bonds is 2. The van der Waals surface area contributed by atoms with E-state index in [9.17, 15) is 10.2 Å². The lowest BCUT2D eigenvalue weighted by Gasteiger charge is -2.24. The number of nitrogen functional groups attached to an aromatic ring is 1. The maximum atomic E-state index is 10.1. The first-order valence-electron chi connectivity index (χ1n) is 5.63. The molecule has 0 aliphatic carbocycles. The predicted octanol–water partition coefficient (Wildman–Crippen LogP) is -1.98. The van der Waals surface area contributed by atoms with Crippen molar-refractivity contribution >= 4 is 17.0 Å². The minimum Gasteiger partial charge on any atom is -0.393 e. The summed E-state index contributed by atoms with van der Waals surface area (Å²) in [6.45, 7) is -0.788. The van der Waals surface area contributed by atoms with Gasteiger partial charge in [0, 0.05) is 0 Å². The van der Waals surface area contributed by atoms with Crippen LogP contribution in [-0.2, 0) is 4.74 Å². The molecule has 1 aliphatic rings. The summed E-state index contributed by atoms with van der Waals surface area (Å²) in [6.07, 6.45) is 0.477. The van der Waals surface area contributed by atoms with Gasteiger partial charge in [-0.3, -0.25) is 4.57 Å². The fourth-order valence-electron chi connectivity index (χ4n) is 2.10. The second-order valence-corrected chi connectivity index (χ2v) is 4.49. The molecular weight excluding hydrogens is 254 g/mol. The van der Waals surface area contributed by atoms with Gasteiger partial charge in [0.15, 0.2) is 17.7 Å². The number of hydrogen-bond acceptors (Lipinski definition) is 8. The Labute approximate surface area is 107 Å². The summed E-state index contributed by atoms with van der Waals surface area (Å²) in [5, 5.41) is 29.1. The molecule has 0 radical (unpaired) electrons. The van der Waals surface area contributed by atoms with Crippen molar-refractivity contribution < 1.29 is 20.1 Å². The largest absolute Gasteiger partial charge is 0.393 e. The number of imidazole rings is 1. The first-order chi connectivity index (χ1) is 9.07. The van der Waals surface area contributed by atoms with Crippen molar-refractivity contribution in [1.29, 1.82) is 0 Å². The lowest BCUT2D eigenvalue weighted by atomic mass is 10.0. The van der Waals surface area contributed by atoms with Crippen LogP contribution in [0.5, 0.6) is 0 Å². The van der Waals surface area contributed by atoms with Crippen molar-refractivity contribution in [3.63, 3.8) is 0 Å². The number of ether oxygens (including phenoxy) is 1. The zero-order valence-electron chi connectivity index (χ0n) is 9.84. The fraction of sp³-hybridized carbons (Fsp3) is 0.500. The molecule has 3 heterocycles. The van der Waals surface area contributed by atoms with E-state index in [2.05, 4.69) is 15.0 Å². The first-order valence-corrected chi connectivity index (χ1v) is 5.63. The Morgan fingerprint density at radius 1 is 1.47 bits per heavy atom. The topological polar surface area (TPSA) is 140 Å². The van der Waals surface area contributed by atoms with Crippen molar-refractivity contribution in [2.45, 2.75) is 17.9 Å². The van der Waals surface area contributed by atoms with Gasteiger partial charge >= 0.3 is 0 Å². The van der Waals surface area contributed by atoms with Gasteiger partial charge in [-0.15, -0.1) is 0 Å². The number of fused-ring (bicyclic) bond motifs is 1. The van der Waals surface area contributed by atoms with E-state index in [0.29, 0.717) is 11.2 Å². The highest BCUT2D eigenvalue weighted by molar-refractivity contribution is 5.81. The third-order valence-corrected chi connectivity index (χ3v) is 3.26. The van der Waals surface area contributed by atoms with E-state index in [-0.39, 0.29) is 12.4 Å². The van der Waals surface area contributed by atoms with Gasteiger partial charge in [0.2, 0.25) is 0 Å². The van der Waals surface area contributed by atoms with Gasteiger partial charge in [-0.05, 0) is 0 Å². The SMILES string of the molecule is Nc1ncnc2c1ncn2C1OC[C@@](O)(CO)C1O. The number of nitrogens with zero attached hydrogens (tertiary/aromatic N) is 4. The number of aliphatic hydroxyl groups excluding tert-OH is 2. The number of aliphatic hydroxyl groups is 3. The van der Waals surface area contributed by atoms with Crippen LogP contribution in [0.3, 0.4) is 0 Å². The van der Waals surface area contributed by atoms with Crippen LogP contribution < -0.4 is 5.73 Å². The zero-order valence-corrected chi connectivity index (χ0v) is 9.84. The van der Waals surface area contributed by atoms with Crippen molar-refractivity contribution in [2.24, 2.45) is 0 Å². The Hall–Kier alpha value is -1.81. The summed E-state index contributed by atoms with van der Waals surface area (Å²) in [5.41, 5.74) is 4.74. The highest BCUT2D eigenvalue weighted by Gasteiger charge is 2.49.